The van der Waals surface area contributed by atoms with E-state index in [1.807, 2.05) is 0 Å². The van der Waals surface area contributed by atoms with Crippen LogP contribution in [0.5, 0.6) is 0 Å². The van der Waals surface area contributed by atoms with Crippen LogP contribution in [-0.2, 0) is 4.74 Å². The molecule has 0 saturated heterocycles. The highest BCUT2D eigenvalue weighted by atomic mass is 35.5. The van der Waals surface area contributed by atoms with Crippen LogP contribution >= 0.6 is 11.6 Å². The van der Waals surface area contributed by atoms with Gasteiger partial charge in [0.05, 0.1) is 12.0 Å². The molecule has 18 heavy (non-hydrogen) atoms. The van der Waals surface area contributed by atoms with Crippen molar-refractivity contribution in [2.75, 3.05) is 26.8 Å². The lowest BCUT2D eigenvalue weighted by Crippen LogP contribution is -2.21. The Morgan fingerprint density at radius 1 is 0.944 bits per heavy atom. The Morgan fingerprint density at radius 2 is 1.56 bits per heavy atom. The van der Waals surface area contributed by atoms with Crippen LogP contribution in [0.15, 0.2) is 0 Å². The van der Waals surface area contributed by atoms with Crippen LogP contribution < -0.4 is 5.32 Å². The molecule has 1 atom stereocenters. The van der Waals surface area contributed by atoms with E-state index < -0.39 is 0 Å². The normalized spacial score (nSPS) is 12.8. The van der Waals surface area contributed by atoms with Gasteiger partial charge in [0, 0.05) is 7.11 Å². The fourth-order valence-corrected chi connectivity index (χ4v) is 2.27. The predicted octanol–water partition coefficient (Wildman–Crippen LogP) is 4.36. The number of unbranched alkanes of at least 4 members (excludes halogenated alkanes) is 7. The molecule has 0 heterocycles. The van der Waals surface area contributed by atoms with E-state index in [4.69, 9.17) is 16.3 Å². The van der Waals surface area contributed by atoms with Crippen LogP contribution in [0.25, 0.3) is 0 Å². The Morgan fingerprint density at radius 3 is 2.17 bits per heavy atom. The molecule has 0 fully saturated rings. The molecular weight excluding hydrogens is 246 g/mol. The first-order valence-corrected chi connectivity index (χ1v) is 8.08. The zero-order valence-electron chi connectivity index (χ0n) is 12.3. The molecule has 0 saturated carbocycles. The molecule has 0 rings (SSSR count). The molecule has 0 spiro atoms. The van der Waals surface area contributed by atoms with Crippen molar-refractivity contribution < 1.29 is 4.74 Å². The highest BCUT2D eigenvalue weighted by Crippen LogP contribution is 2.08. The highest BCUT2D eigenvalue weighted by Gasteiger charge is 2.02. The molecule has 0 aliphatic carbocycles. The van der Waals surface area contributed by atoms with Gasteiger partial charge in [-0.15, -0.1) is 11.6 Å². The largest absolute Gasteiger partial charge is 0.383 e. The molecule has 0 aromatic heterocycles. The summed E-state index contributed by atoms with van der Waals surface area (Å²) in [6.07, 6.45) is 12.1. The van der Waals surface area contributed by atoms with Gasteiger partial charge in [0.2, 0.25) is 0 Å². The molecule has 0 amide bonds. The first-order valence-electron chi connectivity index (χ1n) is 7.65. The molecule has 3 heteroatoms. The summed E-state index contributed by atoms with van der Waals surface area (Å²) in [5.41, 5.74) is 0. The first-order chi connectivity index (χ1) is 8.81. The minimum atomic E-state index is 0.154. The maximum Gasteiger partial charge on any atom is 0.0626 e. The van der Waals surface area contributed by atoms with Crippen LogP contribution in [0.2, 0.25) is 0 Å². The lowest BCUT2D eigenvalue weighted by molar-refractivity contribution is 0.195. The maximum absolute atomic E-state index is 6.04. The lowest BCUT2D eigenvalue weighted by atomic mass is 10.1. The fraction of sp³-hybridized carbons (Fsp3) is 1.00. The zero-order chi connectivity index (χ0) is 13.5. The summed E-state index contributed by atoms with van der Waals surface area (Å²) in [5, 5.41) is 3.60. The molecule has 1 N–H and O–H groups in total. The Hall–Kier alpha value is 0.210. The van der Waals surface area contributed by atoms with E-state index in [0.717, 1.165) is 19.5 Å². The summed E-state index contributed by atoms with van der Waals surface area (Å²) in [5.74, 6) is 0. The zero-order valence-corrected chi connectivity index (χ0v) is 13.1. The third-order valence-electron chi connectivity index (χ3n) is 3.19. The monoisotopic (exact) mass is 277 g/mol. The van der Waals surface area contributed by atoms with Crippen molar-refractivity contribution in [2.24, 2.45) is 0 Å². The van der Waals surface area contributed by atoms with Crippen LogP contribution in [0, 0.1) is 0 Å². The summed E-state index contributed by atoms with van der Waals surface area (Å²) >= 11 is 6.04. The summed E-state index contributed by atoms with van der Waals surface area (Å²) in [7, 11) is 1.70. The number of halogens is 1. The number of rotatable bonds is 14. The Labute approximate surface area is 119 Å². The fourth-order valence-electron chi connectivity index (χ4n) is 2.03. The van der Waals surface area contributed by atoms with Gasteiger partial charge >= 0.3 is 0 Å². The number of alkyl halides is 1. The third-order valence-corrected chi connectivity index (χ3v) is 3.53. The van der Waals surface area contributed by atoms with Crippen LogP contribution in [0.1, 0.15) is 64.7 Å². The van der Waals surface area contributed by atoms with Gasteiger partial charge in [-0.3, -0.25) is 0 Å². The van der Waals surface area contributed by atoms with E-state index in [9.17, 15) is 0 Å². The van der Waals surface area contributed by atoms with E-state index >= 15 is 0 Å². The van der Waals surface area contributed by atoms with E-state index in [1.54, 1.807) is 7.11 Å². The van der Waals surface area contributed by atoms with Crippen molar-refractivity contribution in [3.63, 3.8) is 0 Å². The van der Waals surface area contributed by atoms with E-state index in [0.29, 0.717) is 6.61 Å². The minimum absolute atomic E-state index is 0.154. The number of hydrogen-bond donors (Lipinski definition) is 1. The van der Waals surface area contributed by atoms with Crippen molar-refractivity contribution in [1.82, 2.24) is 5.32 Å². The van der Waals surface area contributed by atoms with Gasteiger partial charge in [-0.05, 0) is 25.9 Å². The second kappa shape index (κ2) is 15.3. The smallest absolute Gasteiger partial charge is 0.0626 e. The molecule has 0 aromatic carbocycles. The second-order valence-electron chi connectivity index (χ2n) is 5.07. The van der Waals surface area contributed by atoms with Crippen molar-refractivity contribution >= 4 is 11.6 Å². The summed E-state index contributed by atoms with van der Waals surface area (Å²) < 4.78 is 4.99. The number of hydrogen-bond acceptors (Lipinski definition) is 2. The predicted molar refractivity (Wildman–Crippen MR) is 81.6 cm³/mol. The molecule has 0 radical (unpaired) electrons. The summed E-state index contributed by atoms with van der Waals surface area (Å²) in [6, 6.07) is 0. The van der Waals surface area contributed by atoms with E-state index in [1.165, 1.54) is 51.4 Å². The molecule has 1 unspecified atom stereocenters. The molecule has 0 aliphatic rings. The molecule has 110 valence electrons. The van der Waals surface area contributed by atoms with Gasteiger partial charge in [-0.25, -0.2) is 0 Å². The lowest BCUT2D eigenvalue weighted by Gasteiger charge is -2.09. The maximum atomic E-state index is 6.04. The number of nitrogens with one attached hydrogen (secondary N) is 1. The van der Waals surface area contributed by atoms with Gasteiger partial charge in [0.15, 0.2) is 0 Å². The minimum Gasteiger partial charge on any atom is -0.383 e. The topological polar surface area (TPSA) is 21.3 Å². The van der Waals surface area contributed by atoms with Crippen LogP contribution in [-0.4, -0.2) is 32.2 Å². The first kappa shape index (κ1) is 18.2. The molecule has 0 aliphatic heterocycles. The van der Waals surface area contributed by atoms with Crippen molar-refractivity contribution in [3.05, 3.63) is 0 Å². The summed E-state index contributed by atoms with van der Waals surface area (Å²) in [6.45, 7) is 5.06. The van der Waals surface area contributed by atoms with Crippen molar-refractivity contribution in [1.29, 1.82) is 0 Å². The van der Waals surface area contributed by atoms with E-state index in [2.05, 4.69) is 12.2 Å². The second-order valence-corrected chi connectivity index (χ2v) is 5.68. The van der Waals surface area contributed by atoms with Crippen molar-refractivity contribution in [3.8, 4) is 0 Å². The van der Waals surface area contributed by atoms with Crippen LogP contribution in [0.3, 0.4) is 0 Å². The van der Waals surface area contributed by atoms with Gasteiger partial charge in [0.1, 0.15) is 0 Å². The molecule has 2 nitrogen and oxygen atoms in total. The Bertz CT molecular complexity index is 155. The molecule has 0 aromatic rings. The quantitative estimate of drug-likeness (QED) is 0.376. The van der Waals surface area contributed by atoms with E-state index in [-0.39, 0.29) is 5.38 Å². The molecular formula is C15H32ClNO. The van der Waals surface area contributed by atoms with Gasteiger partial charge in [0.25, 0.3) is 0 Å². The molecule has 0 bridgehead atoms. The number of methoxy groups -OCH3 is 1. The Kier molecular flexibility index (Phi) is 15.4. The standard InChI is InChI=1S/C15H32ClNO/c1-3-4-5-6-7-8-9-10-12-17-13-11-15(16)14-18-2/h15,17H,3-14H2,1-2H3. The van der Waals surface area contributed by atoms with Gasteiger partial charge < -0.3 is 10.1 Å². The van der Waals surface area contributed by atoms with Gasteiger partial charge in [-0.2, -0.15) is 0 Å². The highest BCUT2D eigenvalue weighted by molar-refractivity contribution is 6.20. The van der Waals surface area contributed by atoms with Crippen molar-refractivity contribution in [2.45, 2.75) is 70.1 Å². The average Bonchev–Trinajstić information content (AvgIpc) is 2.36. The van der Waals surface area contributed by atoms with Crippen LogP contribution in [0.4, 0.5) is 0 Å². The summed E-state index contributed by atoms with van der Waals surface area (Å²) in [4.78, 5) is 0. The van der Waals surface area contributed by atoms with Gasteiger partial charge in [-0.1, -0.05) is 51.9 Å². The SMILES string of the molecule is CCCCCCCCCCNCCC(Cl)COC. The Balaban J connectivity index is 2.98. The average molecular weight is 278 g/mol. The third kappa shape index (κ3) is 14.3. The number of ether oxygens (including phenoxy) is 1.